The first-order chi connectivity index (χ1) is 6.42. The van der Waals surface area contributed by atoms with Crippen molar-refractivity contribution in [2.45, 2.75) is 18.9 Å². The van der Waals surface area contributed by atoms with E-state index >= 15 is 0 Å². The third kappa shape index (κ3) is 1.63. The summed E-state index contributed by atoms with van der Waals surface area (Å²) in [5.74, 6) is 0. The van der Waals surface area contributed by atoms with Gasteiger partial charge in [-0.2, -0.15) is 0 Å². The van der Waals surface area contributed by atoms with Crippen molar-refractivity contribution in [2.24, 2.45) is 0 Å². The zero-order valence-corrected chi connectivity index (χ0v) is 7.42. The Balaban J connectivity index is 2.31. The van der Waals surface area contributed by atoms with E-state index in [1.165, 1.54) is 11.1 Å². The van der Waals surface area contributed by atoms with Crippen LogP contribution in [0.15, 0.2) is 24.3 Å². The van der Waals surface area contributed by atoms with E-state index < -0.39 is 0 Å². The lowest BCUT2D eigenvalue weighted by atomic mass is 9.93. The van der Waals surface area contributed by atoms with Gasteiger partial charge in [-0.15, -0.1) is 0 Å². The maximum absolute atomic E-state index is 10.3. The molecule has 2 nitrogen and oxygen atoms in total. The molecule has 0 aliphatic carbocycles. The summed E-state index contributed by atoms with van der Waals surface area (Å²) in [4.78, 5) is 10.3. The van der Waals surface area contributed by atoms with E-state index in [0.29, 0.717) is 6.42 Å². The average Bonchev–Trinajstić information content (AvgIpc) is 2.19. The van der Waals surface area contributed by atoms with Crippen LogP contribution in [0.3, 0.4) is 0 Å². The molecule has 2 rings (SSSR count). The lowest BCUT2D eigenvalue weighted by molar-refractivity contribution is 0.491. The second-order valence-electron chi connectivity index (χ2n) is 3.30. The molecule has 1 N–H and O–H groups in total. The number of hydrogen-bond acceptors (Lipinski definition) is 2. The fraction of sp³-hybridized carbons (Fsp3) is 0.364. The molecule has 1 aromatic carbocycles. The molecular weight excluding hydrogens is 162 g/mol. The minimum atomic E-state index is 0.183. The normalized spacial score (nSPS) is 20.8. The van der Waals surface area contributed by atoms with Crippen LogP contribution in [0.5, 0.6) is 0 Å². The van der Waals surface area contributed by atoms with Crippen LogP contribution in [-0.4, -0.2) is 12.8 Å². The van der Waals surface area contributed by atoms with E-state index in [-0.39, 0.29) is 6.04 Å². The lowest BCUT2D eigenvalue weighted by Gasteiger charge is -2.25. The number of fused-ring (bicyclic) bond motifs is 1. The molecule has 1 aromatic rings. The van der Waals surface area contributed by atoms with E-state index in [2.05, 4.69) is 17.4 Å². The van der Waals surface area contributed by atoms with Gasteiger partial charge in [0.1, 0.15) is 0 Å². The predicted octanol–water partition coefficient (Wildman–Crippen LogP) is 1.37. The summed E-state index contributed by atoms with van der Waals surface area (Å²) in [7, 11) is 0. The molecule has 0 aromatic heterocycles. The van der Waals surface area contributed by atoms with Crippen molar-refractivity contribution >= 4 is 6.29 Å². The van der Waals surface area contributed by atoms with Crippen LogP contribution in [0.4, 0.5) is 0 Å². The summed E-state index contributed by atoms with van der Waals surface area (Å²) >= 11 is 0. The second kappa shape index (κ2) is 3.71. The quantitative estimate of drug-likeness (QED) is 0.733. The van der Waals surface area contributed by atoms with Crippen molar-refractivity contribution in [1.29, 1.82) is 0 Å². The number of carbonyl (C=O) groups excluding carboxylic acids is 1. The van der Waals surface area contributed by atoms with Crippen LogP contribution in [0, 0.1) is 0 Å². The fourth-order valence-corrected chi connectivity index (χ4v) is 1.86. The minimum absolute atomic E-state index is 0.183. The molecule has 0 amide bonds. The molecule has 1 atom stereocenters. The van der Waals surface area contributed by atoms with Gasteiger partial charge in [-0.05, 0) is 24.1 Å². The van der Waals surface area contributed by atoms with Gasteiger partial charge in [-0.25, -0.2) is 0 Å². The van der Waals surface area contributed by atoms with Gasteiger partial charge in [0.2, 0.25) is 0 Å². The standard InChI is InChI=1S/C11H12NO/c13-8-6-11-10-4-2-1-3-9(10)5-7-12-11/h1-4,11-12H,5-7H2. The Morgan fingerprint density at radius 1 is 1.46 bits per heavy atom. The monoisotopic (exact) mass is 174 g/mol. The van der Waals surface area contributed by atoms with Gasteiger partial charge >= 0.3 is 0 Å². The topological polar surface area (TPSA) is 29.1 Å². The first-order valence-corrected chi connectivity index (χ1v) is 4.58. The summed E-state index contributed by atoms with van der Waals surface area (Å²) in [6, 6.07) is 8.47. The third-order valence-electron chi connectivity index (χ3n) is 2.50. The highest BCUT2D eigenvalue weighted by atomic mass is 16.1. The summed E-state index contributed by atoms with van der Waals surface area (Å²) in [6.45, 7) is 0.962. The van der Waals surface area contributed by atoms with E-state index in [1.54, 1.807) is 0 Å². The van der Waals surface area contributed by atoms with Gasteiger partial charge < -0.3 is 5.32 Å². The summed E-state index contributed by atoms with van der Waals surface area (Å²) in [5.41, 5.74) is 2.62. The SMILES string of the molecule is O=[C]CC1NCCc2ccccc21. The fourth-order valence-electron chi connectivity index (χ4n) is 1.86. The van der Waals surface area contributed by atoms with E-state index in [4.69, 9.17) is 0 Å². The highest BCUT2D eigenvalue weighted by Crippen LogP contribution is 2.23. The van der Waals surface area contributed by atoms with Crippen molar-refractivity contribution in [2.75, 3.05) is 6.54 Å². The first kappa shape index (κ1) is 8.45. The molecule has 13 heavy (non-hydrogen) atoms. The molecule has 0 spiro atoms. The Bertz CT molecular complexity index is 309. The van der Waals surface area contributed by atoms with Crippen molar-refractivity contribution in [1.82, 2.24) is 5.32 Å². The van der Waals surface area contributed by atoms with Gasteiger partial charge in [0, 0.05) is 12.5 Å². The molecule has 1 aliphatic rings. The zero-order valence-electron chi connectivity index (χ0n) is 7.42. The largest absolute Gasteiger partial charge is 0.309 e. The van der Waals surface area contributed by atoms with Gasteiger partial charge in [0.05, 0.1) is 0 Å². The van der Waals surface area contributed by atoms with Gasteiger partial charge in [-0.3, -0.25) is 4.79 Å². The molecule has 1 heterocycles. The first-order valence-electron chi connectivity index (χ1n) is 4.58. The lowest BCUT2D eigenvalue weighted by Crippen LogP contribution is -2.29. The van der Waals surface area contributed by atoms with Crippen molar-refractivity contribution in [3.63, 3.8) is 0 Å². The average molecular weight is 174 g/mol. The number of rotatable bonds is 2. The number of hydrogen-bond donors (Lipinski definition) is 1. The van der Waals surface area contributed by atoms with Gasteiger partial charge in [-0.1, -0.05) is 24.3 Å². The zero-order chi connectivity index (χ0) is 9.10. The molecule has 1 radical (unpaired) electrons. The predicted molar refractivity (Wildman–Crippen MR) is 51.2 cm³/mol. The summed E-state index contributed by atoms with van der Waals surface area (Å²) in [5, 5.41) is 3.31. The van der Waals surface area contributed by atoms with E-state index in [9.17, 15) is 4.79 Å². The maximum atomic E-state index is 10.3. The Morgan fingerprint density at radius 3 is 3.15 bits per heavy atom. The molecular formula is C11H12NO. The van der Waals surface area contributed by atoms with Crippen molar-refractivity contribution in [3.8, 4) is 0 Å². The Hall–Kier alpha value is -1.15. The van der Waals surface area contributed by atoms with Crippen LogP contribution >= 0.6 is 0 Å². The Morgan fingerprint density at radius 2 is 2.31 bits per heavy atom. The van der Waals surface area contributed by atoms with E-state index in [0.717, 1.165) is 13.0 Å². The molecule has 2 heteroatoms. The Labute approximate surface area is 78.0 Å². The molecule has 1 aliphatic heterocycles. The van der Waals surface area contributed by atoms with Crippen LogP contribution in [0.1, 0.15) is 23.6 Å². The minimum Gasteiger partial charge on any atom is -0.309 e. The van der Waals surface area contributed by atoms with Crippen molar-refractivity contribution < 1.29 is 4.79 Å². The number of benzene rings is 1. The van der Waals surface area contributed by atoms with Crippen LogP contribution in [0.2, 0.25) is 0 Å². The van der Waals surface area contributed by atoms with Crippen LogP contribution in [0.25, 0.3) is 0 Å². The molecule has 0 fully saturated rings. The second-order valence-corrected chi connectivity index (χ2v) is 3.30. The van der Waals surface area contributed by atoms with Gasteiger partial charge in [0.25, 0.3) is 0 Å². The van der Waals surface area contributed by atoms with E-state index in [1.807, 2.05) is 18.4 Å². The van der Waals surface area contributed by atoms with Crippen molar-refractivity contribution in [3.05, 3.63) is 35.4 Å². The molecule has 67 valence electrons. The highest BCUT2D eigenvalue weighted by molar-refractivity contribution is 5.53. The molecule has 1 unspecified atom stereocenters. The molecule has 0 saturated heterocycles. The summed E-state index contributed by atoms with van der Waals surface area (Å²) in [6.07, 6.45) is 3.48. The molecule has 0 bridgehead atoms. The van der Waals surface area contributed by atoms with Gasteiger partial charge in [0.15, 0.2) is 6.29 Å². The maximum Gasteiger partial charge on any atom is 0.200 e. The van der Waals surface area contributed by atoms with Crippen LogP contribution < -0.4 is 5.32 Å². The third-order valence-corrected chi connectivity index (χ3v) is 2.50. The smallest absolute Gasteiger partial charge is 0.200 e. The highest BCUT2D eigenvalue weighted by Gasteiger charge is 2.18. The number of nitrogens with one attached hydrogen (secondary N) is 1. The summed E-state index contributed by atoms with van der Waals surface area (Å²) < 4.78 is 0. The Kier molecular flexibility index (Phi) is 2.41. The van der Waals surface area contributed by atoms with Crippen LogP contribution in [-0.2, 0) is 11.2 Å². The molecule has 0 saturated carbocycles.